The molecule has 0 unspecified atom stereocenters. The van der Waals surface area contributed by atoms with Gasteiger partial charge in [0, 0.05) is 17.3 Å². The minimum atomic E-state index is 0.0353. The number of anilines is 1. The number of aromatic hydroxyl groups is 1. The van der Waals surface area contributed by atoms with Gasteiger partial charge < -0.3 is 10.8 Å². The largest absolute Gasteiger partial charge is 0.506 e. The normalized spacial score (nSPS) is 11.1. The maximum absolute atomic E-state index is 9.75. The second-order valence-corrected chi connectivity index (χ2v) is 6.21. The second-order valence-electron chi connectivity index (χ2n) is 5.80. The first-order valence-corrected chi connectivity index (χ1v) is 8.12. The number of aromatic nitrogens is 3. The fraction of sp³-hybridized carbons (Fsp3) is 0.0526. The van der Waals surface area contributed by atoms with Crippen molar-refractivity contribution in [2.24, 2.45) is 0 Å². The Bertz CT molecular complexity index is 1090. The molecule has 0 aliphatic rings. The SMILES string of the molecule is Cc1cn2c(-c3ccc(O)c(Cl)c3)c(-c3ccccc3)nc(N)c2n1. The fourth-order valence-corrected chi connectivity index (χ4v) is 3.09. The molecule has 0 saturated carbocycles. The molecule has 2 aromatic carbocycles. The van der Waals surface area contributed by atoms with Crippen molar-refractivity contribution in [3.8, 4) is 28.3 Å². The molecular weight excluding hydrogens is 336 g/mol. The van der Waals surface area contributed by atoms with Crippen molar-refractivity contribution in [1.29, 1.82) is 0 Å². The lowest BCUT2D eigenvalue weighted by molar-refractivity contribution is 0.475. The summed E-state index contributed by atoms with van der Waals surface area (Å²) in [6.45, 7) is 1.90. The van der Waals surface area contributed by atoms with Crippen LogP contribution in [0, 0.1) is 6.92 Å². The predicted octanol–water partition coefficient (Wildman–Crippen LogP) is 4.31. The number of rotatable bonds is 2. The molecule has 4 rings (SSSR count). The molecule has 25 heavy (non-hydrogen) atoms. The van der Waals surface area contributed by atoms with Crippen LogP contribution >= 0.6 is 11.6 Å². The van der Waals surface area contributed by atoms with Crippen molar-refractivity contribution in [2.45, 2.75) is 6.92 Å². The van der Waals surface area contributed by atoms with E-state index < -0.39 is 0 Å². The number of hydrogen-bond donors (Lipinski definition) is 2. The maximum atomic E-state index is 9.75. The van der Waals surface area contributed by atoms with Gasteiger partial charge in [-0.05, 0) is 25.1 Å². The lowest BCUT2D eigenvalue weighted by atomic mass is 10.0. The first kappa shape index (κ1) is 15.5. The molecule has 0 spiro atoms. The Kier molecular flexibility index (Phi) is 3.58. The van der Waals surface area contributed by atoms with Crippen LogP contribution < -0.4 is 5.73 Å². The number of halogens is 1. The van der Waals surface area contributed by atoms with Crippen LogP contribution in [0.5, 0.6) is 5.75 Å². The van der Waals surface area contributed by atoms with Crippen LogP contribution in [-0.4, -0.2) is 19.5 Å². The van der Waals surface area contributed by atoms with Crippen molar-refractivity contribution in [3.63, 3.8) is 0 Å². The van der Waals surface area contributed by atoms with E-state index in [9.17, 15) is 5.11 Å². The number of nitrogens with zero attached hydrogens (tertiary/aromatic N) is 3. The summed E-state index contributed by atoms with van der Waals surface area (Å²) in [6, 6.07) is 14.9. The Morgan fingerprint density at radius 1 is 1.04 bits per heavy atom. The molecule has 6 heteroatoms. The molecule has 0 aliphatic carbocycles. The zero-order valence-corrected chi connectivity index (χ0v) is 14.2. The van der Waals surface area contributed by atoms with E-state index in [1.54, 1.807) is 18.2 Å². The van der Waals surface area contributed by atoms with Gasteiger partial charge >= 0.3 is 0 Å². The number of imidazole rings is 1. The van der Waals surface area contributed by atoms with E-state index in [-0.39, 0.29) is 10.8 Å². The van der Waals surface area contributed by atoms with Gasteiger partial charge in [0.05, 0.1) is 22.1 Å². The van der Waals surface area contributed by atoms with Crippen LogP contribution in [0.15, 0.2) is 54.7 Å². The number of nitrogens with two attached hydrogens (primary N) is 1. The third-order valence-corrected chi connectivity index (χ3v) is 4.32. The molecule has 0 bridgehead atoms. The highest BCUT2D eigenvalue weighted by atomic mass is 35.5. The number of phenols is 1. The van der Waals surface area contributed by atoms with Gasteiger partial charge in [0.15, 0.2) is 11.5 Å². The first-order chi connectivity index (χ1) is 12.0. The highest BCUT2D eigenvalue weighted by Gasteiger charge is 2.18. The van der Waals surface area contributed by atoms with Crippen LogP contribution in [0.4, 0.5) is 5.82 Å². The predicted molar refractivity (Wildman–Crippen MR) is 99.7 cm³/mol. The molecule has 4 aromatic rings. The van der Waals surface area contributed by atoms with Crippen molar-refractivity contribution in [1.82, 2.24) is 14.4 Å². The van der Waals surface area contributed by atoms with Crippen molar-refractivity contribution < 1.29 is 5.11 Å². The van der Waals surface area contributed by atoms with Gasteiger partial charge in [-0.15, -0.1) is 0 Å². The summed E-state index contributed by atoms with van der Waals surface area (Å²) in [5, 5.41) is 10.0. The van der Waals surface area contributed by atoms with Crippen molar-refractivity contribution >= 4 is 23.1 Å². The van der Waals surface area contributed by atoms with Gasteiger partial charge in [-0.25, -0.2) is 9.97 Å². The van der Waals surface area contributed by atoms with E-state index >= 15 is 0 Å². The summed E-state index contributed by atoms with van der Waals surface area (Å²) in [5.74, 6) is 0.397. The van der Waals surface area contributed by atoms with E-state index in [0.717, 1.165) is 28.2 Å². The lowest BCUT2D eigenvalue weighted by Gasteiger charge is -2.14. The van der Waals surface area contributed by atoms with Gasteiger partial charge in [-0.1, -0.05) is 41.9 Å². The van der Waals surface area contributed by atoms with E-state index in [4.69, 9.17) is 17.3 Å². The first-order valence-electron chi connectivity index (χ1n) is 7.74. The zero-order valence-electron chi connectivity index (χ0n) is 13.4. The van der Waals surface area contributed by atoms with E-state index in [0.29, 0.717) is 11.5 Å². The Hall–Kier alpha value is -3.05. The van der Waals surface area contributed by atoms with E-state index in [2.05, 4.69) is 9.97 Å². The maximum Gasteiger partial charge on any atom is 0.180 e. The highest BCUT2D eigenvalue weighted by molar-refractivity contribution is 6.32. The topological polar surface area (TPSA) is 76.4 Å². The third kappa shape index (κ3) is 2.58. The van der Waals surface area contributed by atoms with Crippen molar-refractivity contribution in [3.05, 3.63) is 65.4 Å². The van der Waals surface area contributed by atoms with Crippen LogP contribution in [0.25, 0.3) is 28.2 Å². The number of nitrogen functional groups attached to an aromatic ring is 1. The number of hydrogen-bond acceptors (Lipinski definition) is 4. The average Bonchev–Trinajstić information content (AvgIpc) is 3.00. The number of fused-ring (bicyclic) bond motifs is 1. The van der Waals surface area contributed by atoms with E-state index in [1.165, 1.54) is 0 Å². The van der Waals surface area contributed by atoms with E-state index in [1.807, 2.05) is 47.9 Å². The number of phenolic OH excluding ortho intramolecular Hbond substituents is 1. The average molecular weight is 351 g/mol. The summed E-state index contributed by atoms with van der Waals surface area (Å²) in [6.07, 6.45) is 1.91. The van der Waals surface area contributed by atoms with Crippen molar-refractivity contribution in [2.75, 3.05) is 5.73 Å². The summed E-state index contributed by atoms with van der Waals surface area (Å²) in [7, 11) is 0. The summed E-state index contributed by atoms with van der Waals surface area (Å²) in [5.41, 5.74) is 10.9. The molecule has 0 aliphatic heterocycles. The molecule has 124 valence electrons. The molecular formula is C19H15ClN4O. The zero-order chi connectivity index (χ0) is 17.6. The van der Waals surface area contributed by atoms with Gasteiger partial charge in [-0.2, -0.15) is 0 Å². The number of benzene rings is 2. The molecule has 5 nitrogen and oxygen atoms in total. The lowest BCUT2D eigenvalue weighted by Crippen LogP contribution is -2.03. The quantitative estimate of drug-likeness (QED) is 0.564. The summed E-state index contributed by atoms with van der Waals surface area (Å²) in [4.78, 5) is 9.07. The van der Waals surface area contributed by atoms with Gasteiger partial charge in [-0.3, -0.25) is 4.40 Å². The fourth-order valence-electron chi connectivity index (χ4n) is 2.91. The molecule has 0 atom stereocenters. The van der Waals surface area contributed by atoms with Crippen LogP contribution in [-0.2, 0) is 0 Å². The summed E-state index contributed by atoms with van der Waals surface area (Å²) >= 11 is 6.13. The standard InChI is InChI=1S/C19H15ClN4O/c1-11-10-24-17(13-7-8-15(25)14(20)9-13)16(12-5-3-2-4-6-12)23-18(21)19(24)22-11/h2-10,25H,1H3,(H2,21,23). The smallest absolute Gasteiger partial charge is 0.180 e. The third-order valence-electron chi connectivity index (χ3n) is 4.02. The number of aryl methyl sites for hydroxylation is 1. The van der Waals surface area contributed by atoms with Gasteiger partial charge in [0.25, 0.3) is 0 Å². The monoisotopic (exact) mass is 350 g/mol. The second kappa shape index (κ2) is 5.79. The molecule has 0 saturated heterocycles. The van der Waals surface area contributed by atoms with Gasteiger partial charge in [0.1, 0.15) is 5.75 Å². The minimum absolute atomic E-state index is 0.0353. The summed E-state index contributed by atoms with van der Waals surface area (Å²) < 4.78 is 1.92. The Balaban J connectivity index is 2.12. The Morgan fingerprint density at radius 3 is 2.52 bits per heavy atom. The molecule has 0 fully saturated rings. The van der Waals surface area contributed by atoms with Crippen LogP contribution in [0.2, 0.25) is 5.02 Å². The van der Waals surface area contributed by atoms with Crippen LogP contribution in [0.1, 0.15) is 5.69 Å². The molecule has 2 heterocycles. The minimum Gasteiger partial charge on any atom is -0.506 e. The van der Waals surface area contributed by atoms with Crippen LogP contribution in [0.3, 0.4) is 0 Å². The molecule has 0 amide bonds. The Morgan fingerprint density at radius 2 is 1.80 bits per heavy atom. The Labute approximate surface area is 149 Å². The molecule has 3 N–H and O–H groups in total. The molecule has 2 aromatic heterocycles. The van der Waals surface area contributed by atoms with Gasteiger partial charge in [0.2, 0.25) is 0 Å². The molecule has 0 radical (unpaired) electrons. The highest BCUT2D eigenvalue weighted by Crippen LogP contribution is 2.36.